The lowest BCUT2D eigenvalue weighted by atomic mass is 10.1. The summed E-state index contributed by atoms with van der Waals surface area (Å²) in [6.07, 6.45) is 0. The minimum absolute atomic E-state index is 0.200. The van der Waals surface area contributed by atoms with Gasteiger partial charge in [-0.1, -0.05) is 6.07 Å². The summed E-state index contributed by atoms with van der Waals surface area (Å²) in [5, 5.41) is 12.0. The lowest BCUT2D eigenvalue weighted by Gasteiger charge is -2.15. The van der Waals surface area contributed by atoms with Crippen molar-refractivity contribution in [1.82, 2.24) is 10.2 Å². The number of imide groups is 1. The van der Waals surface area contributed by atoms with Crippen LogP contribution in [-0.2, 0) is 4.79 Å². The molecule has 1 heterocycles. The highest BCUT2D eigenvalue weighted by Crippen LogP contribution is 2.23. The number of hydrogen-bond acceptors (Lipinski definition) is 4. The van der Waals surface area contributed by atoms with Crippen LogP contribution in [0.25, 0.3) is 0 Å². The highest BCUT2D eigenvalue weighted by Gasteiger charge is 2.43. The van der Waals surface area contributed by atoms with Gasteiger partial charge >= 0.3 is 6.03 Å². The van der Waals surface area contributed by atoms with Crippen molar-refractivity contribution in [3.8, 4) is 5.75 Å². The monoisotopic (exact) mass is 280 g/mol. The van der Waals surface area contributed by atoms with Gasteiger partial charge in [0.25, 0.3) is 5.91 Å². The zero-order chi connectivity index (χ0) is 14.0. The molecule has 1 aliphatic rings. The molecular formula is C13H16N2O3S. The third-order valence-electron chi connectivity index (χ3n) is 2.85. The van der Waals surface area contributed by atoms with Crippen LogP contribution in [0.5, 0.6) is 5.75 Å². The second-order valence-electron chi connectivity index (χ2n) is 4.86. The van der Waals surface area contributed by atoms with Crippen LogP contribution in [0.2, 0.25) is 0 Å². The summed E-state index contributed by atoms with van der Waals surface area (Å²) in [5.41, 5.74) is -0.813. The molecule has 1 aromatic rings. The summed E-state index contributed by atoms with van der Waals surface area (Å²) in [4.78, 5) is 25.7. The van der Waals surface area contributed by atoms with Crippen LogP contribution in [0, 0.1) is 0 Å². The van der Waals surface area contributed by atoms with E-state index in [1.165, 1.54) is 16.7 Å². The number of nitrogens with one attached hydrogen (secondary N) is 1. The summed E-state index contributed by atoms with van der Waals surface area (Å²) in [5.74, 6) is 0.605. The Bertz CT molecular complexity index is 516. The zero-order valence-electron chi connectivity index (χ0n) is 10.8. The fourth-order valence-corrected chi connectivity index (χ4v) is 2.74. The topological polar surface area (TPSA) is 69.6 Å². The normalized spacial score (nSPS) is 17.7. The van der Waals surface area contributed by atoms with E-state index in [2.05, 4.69) is 5.32 Å². The fraction of sp³-hybridized carbons (Fsp3) is 0.385. The van der Waals surface area contributed by atoms with Gasteiger partial charge in [-0.2, -0.15) is 0 Å². The number of urea groups is 1. The molecule has 0 saturated carbocycles. The number of benzene rings is 1. The minimum atomic E-state index is -0.813. The van der Waals surface area contributed by atoms with Gasteiger partial charge in [0.2, 0.25) is 0 Å². The molecule has 0 atom stereocenters. The molecule has 0 unspecified atom stereocenters. The summed E-state index contributed by atoms with van der Waals surface area (Å²) in [6.45, 7) is 3.74. The second kappa shape index (κ2) is 5.13. The van der Waals surface area contributed by atoms with E-state index >= 15 is 0 Å². The van der Waals surface area contributed by atoms with Crippen molar-refractivity contribution >= 4 is 23.7 Å². The van der Waals surface area contributed by atoms with Gasteiger partial charge in [0, 0.05) is 17.2 Å². The van der Waals surface area contributed by atoms with Crippen molar-refractivity contribution in [2.75, 3.05) is 12.3 Å². The largest absolute Gasteiger partial charge is 0.508 e. The number of phenolic OH excluding ortho intramolecular Hbond substituents is 1. The molecule has 0 radical (unpaired) electrons. The first kappa shape index (κ1) is 13.7. The predicted octanol–water partition coefficient (Wildman–Crippen LogP) is 1.81. The van der Waals surface area contributed by atoms with Gasteiger partial charge in [0.1, 0.15) is 11.3 Å². The lowest BCUT2D eigenvalue weighted by molar-refractivity contribution is -0.130. The number of phenols is 1. The summed E-state index contributed by atoms with van der Waals surface area (Å²) in [6, 6.07) is 6.55. The first-order valence-electron chi connectivity index (χ1n) is 5.96. The molecule has 1 saturated heterocycles. The van der Waals surface area contributed by atoms with Crippen LogP contribution in [0.1, 0.15) is 13.8 Å². The maximum absolute atomic E-state index is 11.9. The van der Waals surface area contributed by atoms with Crippen molar-refractivity contribution in [3.05, 3.63) is 24.3 Å². The molecule has 6 heteroatoms. The number of nitrogens with zero attached hydrogens (tertiary/aromatic N) is 1. The summed E-state index contributed by atoms with van der Waals surface area (Å²) in [7, 11) is 0. The molecule has 0 bridgehead atoms. The molecule has 2 N–H and O–H groups in total. The maximum atomic E-state index is 11.9. The maximum Gasteiger partial charge on any atom is 0.325 e. The molecule has 19 heavy (non-hydrogen) atoms. The van der Waals surface area contributed by atoms with Crippen molar-refractivity contribution < 1.29 is 14.7 Å². The summed E-state index contributed by atoms with van der Waals surface area (Å²) >= 11 is 1.49. The predicted molar refractivity (Wildman–Crippen MR) is 73.2 cm³/mol. The Morgan fingerprint density at radius 2 is 2.11 bits per heavy atom. The quantitative estimate of drug-likeness (QED) is 0.652. The van der Waals surface area contributed by atoms with E-state index in [4.69, 9.17) is 0 Å². The molecule has 1 fully saturated rings. The van der Waals surface area contributed by atoms with E-state index in [1.54, 1.807) is 32.0 Å². The Balaban J connectivity index is 1.90. The van der Waals surface area contributed by atoms with Crippen molar-refractivity contribution in [3.63, 3.8) is 0 Å². The number of thioether (sulfide) groups is 1. The molecule has 102 valence electrons. The molecule has 0 aliphatic carbocycles. The van der Waals surface area contributed by atoms with Crippen LogP contribution < -0.4 is 5.32 Å². The van der Waals surface area contributed by atoms with Crippen molar-refractivity contribution in [2.24, 2.45) is 0 Å². The average molecular weight is 280 g/mol. The standard InChI is InChI=1S/C13H16N2O3S/c1-13(2)11(17)15(12(18)14-13)6-7-19-10-5-3-4-9(16)8-10/h3-5,8,16H,6-7H2,1-2H3,(H,14,18). The van der Waals surface area contributed by atoms with Crippen LogP contribution in [0.4, 0.5) is 4.79 Å². The van der Waals surface area contributed by atoms with E-state index in [0.717, 1.165) is 4.90 Å². The number of hydrogen-bond donors (Lipinski definition) is 2. The third kappa shape index (κ3) is 3.01. The van der Waals surface area contributed by atoms with E-state index in [-0.39, 0.29) is 17.7 Å². The van der Waals surface area contributed by atoms with Crippen LogP contribution in [0.3, 0.4) is 0 Å². The van der Waals surface area contributed by atoms with Crippen molar-refractivity contribution in [1.29, 1.82) is 0 Å². The van der Waals surface area contributed by atoms with Gasteiger partial charge in [-0.05, 0) is 32.0 Å². The van der Waals surface area contributed by atoms with Crippen LogP contribution >= 0.6 is 11.8 Å². The molecule has 2 rings (SSSR count). The smallest absolute Gasteiger partial charge is 0.325 e. The zero-order valence-corrected chi connectivity index (χ0v) is 11.7. The Hall–Kier alpha value is -1.69. The second-order valence-corrected chi connectivity index (χ2v) is 6.03. The molecule has 5 nitrogen and oxygen atoms in total. The molecule has 1 aromatic carbocycles. The Morgan fingerprint density at radius 3 is 2.68 bits per heavy atom. The number of aromatic hydroxyl groups is 1. The van der Waals surface area contributed by atoms with Gasteiger partial charge in [-0.3, -0.25) is 9.69 Å². The SMILES string of the molecule is CC1(C)NC(=O)N(CCSc2cccc(O)c2)C1=O. The summed E-state index contributed by atoms with van der Waals surface area (Å²) < 4.78 is 0. The number of carbonyl (C=O) groups is 2. The first-order valence-corrected chi connectivity index (χ1v) is 6.95. The molecule has 0 aromatic heterocycles. The highest BCUT2D eigenvalue weighted by atomic mass is 32.2. The van der Waals surface area contributed by atoms with Crippen LogP contribution in [0.15, 0.2) is 29.2 Å². The molecule has 0 spiro atoms. The Kier molecular flexibility index (Phi) is 3.71. The van der Waals surface area contributed by atoms with E-state index in [0.29, 0.717) is 12.3 Å². The van der Waals surface area contributed by atoms with Gasteiger partial charge in [0.15, 0.2) is 0 Å². The van der Waals surface area contributed by atoms with E-state index in [9.17, 15) is 14.7 Å². The number of rotatable bonds is 4. The van der Waals surface area contributed by atoms with Gasteiger partial charge in [-0.25, -0.2) is 4.79 Å². The van der Waals surface area contributed by atoms with Gasteiger partial charge < -0.3 is 10.4 Å². The number of carbonyl (C=O) groups excluding carboxylic acids is 2. The Labute approximate surface area is 116 Å². The minimum Gasteiger partial charge on any atom is -0.508 e. The molecule has 1 aliphatic heterocycles. The van der Waals surface area contributed by atoms with Gasteiger partial charge in [0.05, 0.1) is 0 Å². The number of amides is 3. The van der Waals surface area contributed by atoms with E-state index in [1.807, 2.05) is 6.07 Å². The van der Waals surface area contributed by atoms with Crippen molar-refractivity contribution in [2.45, 2.75) is 24.3 Å². The fourth-order valence-electron chi connectivity index (χ4n) is 1.85. The molecular weight excluding hydrogens is 264 g/mol. The Morgan fingerprint density at radius 1 is 1.37 bits per heavy atom. The first-order chi connectivity index (χ1) is 8.90. The van der Waals surface area contributed by atoms with Gasteiger partial charge in [-0.15, -0.1) is 11.8 Å². The van der Waals surface area contributed by atoms with E-state index < -0.39 is 5.54 Å². The average Bonchev–Trinajstić information content (AvgIpc) is 2.51. The third-order valence-corrected chi connectivity index (χ3v) is 3.82. The molecule has 3 amide bonds. The lowest BCUT2D eigenvalue weighted by Crippen LogP contribution is -2.40. The highest BCUT2D eigenvalue weighted by molar-refractivity contribution is 7.99. The van der Waals surface area contributed by atoms with Crippen LogP contribution in [-0.4, -0.2) is 39.8 Å².